The van der Waals surface area contributed by atoms with Crippen molar-refractivity contribution in [2.75, 3.05) is 43.4 Å². The van der Waals surface area contributed by atoms with Gasteiger partial charge in [-0.2, -0.15) is 15.0 Å². The van der Waals surface area contributed by atoms with E-state index >= 15 is 0 Å². The van der Waals surface area contributed by atoms with Crippen LogP contribution >= 0.6 is 11.6 Å². The molecule has 0 amide bonds. The Hall–Kier alpha value is -1.92. The molecule has 0 spiro atoms. The summed E-state index contributed by atoms with van der Waals surface area (Å²) < 4.78 is 0. The van der Waals surface area contributed by atoms with Crippen LogP contribution < -0.4 is 10.2 Å². The maximum absolute atomic E-state index is 6.04. The van der Waals surface area contributed by atoms with Gasteiger partial charge in [-0.05, 0) is 50.0 Å². The van der Waals surface area contributed by atoms with E-state index in [1.54, 1.807) is 0 Å². The van der Waals surface area contributed by atoms with E-state index in [0.717, 1.165) is 39.1 Å². The van der Waals surface area contributed by atoms with Crippen LogP contribution in [0.15, 0.2) is 30.3 Å². The van der Waals surface area contributed by atoms with Crippen LogP contribution in [0.4, 0.5) is 11.9 Å². The topological polar surface area (TPSA) is 57.2 Å². The summed E-state index contributed by atoms with van der Waals surface area (Å²) >= 11 is 6.04. The molecular weight excluding hydrogens is 336 g/mol. The summed E-state index contributed by atoms with van der Waals surface area (Å²) in [4.78, 5) is 17.4. The van der Waals surface area contributed by atoms with Gasteiger partial charge in [0, 0.05) is 26.2 Å². The van der Waals surface area contributed by atoms with Crippen molar-refractivity contribution in [2.24, 2.45) is 0 Å². The molecule has 0 aliphatic carbocycles. The Kier molecular flexibility index (Phi) is 6.42. The zero-order valence-electron chi connectivity index (χ0n) is 14.7. The van der Waals surface area contributed by atoms with E-state index in [9.17, 15) is 0 Å². The van der Waals surface area contributed by atoms with E-state index in [1.807, 2.05) is 6.07 Å². The Labute approximate surface area is 154 Å². The number of rotatable bonds is 8. The third kappa shape index (κ3) is 5.54. The molecule has 1 aromatic heterocycles. The first-order chi connectivity index (χ1) is 12.2. The number of anilines is 2. The van der Waals surface area contributed by atoms with Crippen LogP contribution in [0.1, 0.15) is 24.8 Å². The summed E-state index contributed by atoms with van der Waals surface area (Å²) in [5.74, 6) is 1.24. The molecule has 1 aliphatic heterocycles. The lowest BCUT2D eigenvalue weighted by Gasteiger charge is -2.17. The highest BCUT2D eigenvalue weighted by Gasteiger charge is 2.16. The first kappa shape index (κ1) is 17.9. The average Bonchev–Trinajstić information content (AvgIpc) is 3.14. The van der Waals surface area contributed by atoms with Crippen molar-refractivity contribution in [3.8, 4) is 0 Å². The minimum absolute atomic E-state index is 0.251. The van der Waals surface area contributed by atoms with E-state index in [1.165, 1.54) is 18.4 Å². The second-order valence-electron chi connectivity index (χ2n) is 6.43. The van der Waals surface area contributed by atoms with E-state index in [2.05, 4.69) is 61.4 Å². The van der Waals surface area contributed by atoms with Crippen molar-refractivity contribution in [1.29, 1.82) is 0 Å². The highest BCUT2D eigenvalue weighted by atomic mass is 35.5. The van der Waals surface area contributed by atoms with E-state index in [4.69, 9.17) is 11.6 Å². The fourth-order valence-corrected chi connectivity index (χ4v) is 3.16. The predicted octanol–water partition coefficient (Wildman–Crippen LogP) is 3.06. The van der Waals surface area contributed by atoms with Gasteiger partial charge in [0.25, 0.3) is 0 Å². The van der Waals surface area contributed by atoms with Crippen molar-refractivity contribution in [3.05, 3.63) is 41.2 Å². The second-order valence-corrected chi connectivity index (χ2v) is 6.76. The molecule has 2 heterocycles. The predicted molar refractivity (Wildman–Crippen MR) is 102 cm³/mol. The minimum Gasteiger partial charge on any atom is -0.354 e. The molecule has 2 aromatic rings. The lowest BCUT2D eigenvalue weighted by Crippen LogP contribution is -2.23. The molecule has 25 heavy (non-hydrogen) atoms. The molecule has 1 saturated heterocycles. The Morgan fingerprint density at radius 3 is 2.64 bits per heavy atom. The average molecular weight is 361 g/mol. The van der Waals surface area contributed by atoms with Crippen LogP contribution in [0.5, 0.6) is 0 Å². The summed E-state index contributed by atoms with van der Waals surface area (Å²) in [7, 11) is 2.14. The SMILES string of the molecule is CN(CCCNc1nc(Cl)nc(N2CCCC2)n1)Cc1ccccc1. The first-order valence-corrected chi connectivity index (χ1v) is 9.21. The molecule has 134 valence electrons. The fraction of sp³-hybridized carbons (Fsp3) is 0.500. The fourth-order valence-electron chi connectivity index (χ4n) is 3.00. The molecule has 0 bridgehead atoms. The van der Waals surface area contributed by atoms with Gasteiger partial charge in [-0.25, -0.2) is 0 Å². The van der Waals surface area contributed by atoms with Crippen molar-refractivity contribution >= 4 is 23.5 Å². The summed E-state index contributed by atoms with van der Waals surface area (Å²) in [5.41, 5.74) is 1.33. The van der Waals surface area contributed by atoms with E-state index in [-0.39, 0.29) is 5.28 Å². The van der Waals surface area contributed by atoms with Crippen LogP contribution in [-0.2, 0) is 6.54 Å². The summed E-state index contributed by atoms with van der Waals surface area (Å²) in [6, 6.07) is 10.5. The van der Waals surface area contributed by atoms with Crippen LogP contribution in [0.2, 0.25) is 5.28 Å². The quantitative estimate of drug-likeness (QED) is 0.730. The molecule has 6 nitrogen and oxygen atoms in total. The summed E-state index contributed by atoms with van der Waals surface area (Å²) in [5, 5.41) is 3.52. The third-order valence-corrected chi connectivity index (χ3v) is 4.45. The lowest BCUT2D eigenvalue weighted by atomic mass is 10.2. The Bertz CT molecular complexity index is 660. The number of aromatic nitrogens is 3. The molecule has 1 aromatic carbocycles. The van der Waals surface area contributed by atoms with Gasteiger partial charge in [0.15, 0.2) is 0 Å². The number of nitrogens with zero attached hydrogens (tertiary/aromatic N) is 5. The van der Waals surface area contributed by atoms with Crippen LogP contribution in [0.3, 0.4) is 0 Å². The number of nitrogens with one attached hydrogen (secondary N) is 1. The standard InChI is InChI=1S/C18H25ClN6/c1-24(14-15-8-3-2-4-9-15)11-7-10-20-17-21-16(19)22-18(23-17)25-12-5-6-13-25/h2-4,8-9H,5-7,10-14H2,1H3,(H,20,21,22,23). The zero-order chi connectivity index (χ0) is 17.5. The molecule has 3 rings (SSSR count). The van der Waals surface area contributed by atoms with Gasteiger partial charge in [-0.3, -0.25) is 0 Å². The van der Waals surface area contributed by atoms with Crippen molar-refractivity contribution in [2.45, 2.75) is 25.8 Å². The van der Waals surface area contributed by atoms with Gasteiger partial charge in [0.1, 0.15) is 0 Å². The minimum atomic E-state index is 0.251. The van der Waals surface area contributed by atoms with Gasteiger partial charge in [-0.1, -0.05) is 30.3 Å². The second kappa shape index (κ2) is 8.97. The van der Waals surface area contributed by atoms with E-state index in [0.29, 0.717) is 11.9 Å². The molecular formula is C18H25ClN6. The van der Waals surface area contributed by atoms with Crippen LogP contribution in [-0.4, -0.2) is 53.1 Å². The first-order valence-electron chi connectivity index (χ1n) is 8.83. The molecule has 1 aliphatic rings. The van der Waals surface area contributed by atoms with Gasteiger partial charge < -0.3 is 15.1 Å². The highest BCUT2D eigenvalue weighted by Crippen LogP contribution is 2.18. The molecule has 0 radical (unpaired) electrons. The third-order valence-electron chi connectivity index (χ3n) is 4.28. The molecule has 7 heteroatoms. The van der Waals surface area contributed by atoms with Crippen molar-refractivity contribution in [1.82, 2.24) is 19.9 Å². The number of benzene rings is 1. The Morgan fingerprint density at radius 2 is 1.88 bits per heavy atom. The Balaban J connectivity index is 1.44. The van der Waals surface area contributed by atoms with Crippen LogP contribution in [0.25, 0.3) is 0 Å². The summed E-state index contributed by atoms with van der Waals surface area (Å²) in [6.07, 6.45) is 3.37. The van der Waals surface area contributed by atoms with Crippen molar-refractivity contribution < 1.29 is 0 Å². The van der Waals surface area contributed by atoms with Gasteiger partial charge in [-0.15, -0.1) is 0 Å². The maximum atomic E-state index is 6.04. The molecule has 0 saturated carbocycles. The summed E-state index contributed by atoms with van der Waals surface area (Å²) in [6.45, 7) is 4.74. The number of hydrogen-bond acceptors (Lipinski definition) is 6. The Morgan fingerprint density at radius 1 is 1.12 bits per heavy atom. The number of hydrogen-bond donors (Lipinski definition) is 1. The number of halogens is 1. The van der Waals surface area contributed by atoms with Crippen LogP contribution in [0, 0.1) is 0 Å². The van der Waals surface area contributed by atoms with Gasteiger partial charge >= 0.3 is 0 Å². The van der Waals surface area contributed by atoms with Gasteiger partial charge in [0.05, 0.1) is 0 Å². The normalized spacial score (nSPS) is 14.3. The molecule has 0 unspecified atom stereocenters. The molecule has 0 atom stereocenters. The van der Waals surface area contributed by atoms with Crippen molar-refractivity contribution in [3.63, 3.8) is 0 Å². The zero-order valence-corrected chi connectivity index (χ0v) is 15.4. The maximum Gasteiger partial charge on any atom is 0.231 e. The monoisotopic (exact) mass is 360 g/mol. The highest BCUT2D eigenvalue weighted by molar-refractivity contribution is 6.28. The molecule has 1 N–H and O–H groups in total. The smallest absolute Gasteiger partial charge is 0.231 e. The lowest BCUT2D eigenvalue weighted by molar-refractivity contribution is 0.325. The largest absolute Gasteiger partial charge is 0.354 e. The van der Waals surface area contributed by atoms with Gasteiger partial charge in [0.2, 0.25) is 17.2 Å². The van der Waals surface area contributed by atoms with E-state index < -0.39 is 0 Å². The molecule has 1 fully saturated rings.